The van der Waals surface area contributed by atoms with Gasteiger partial charge in [-0.1, -0.05) is 0 Å². The number of aliphatic hydroxyl groups is 1. The van der Waals surface area contributed by atoms with Gasteiger partial charge in [-0.3, -0.25) is 4.79 Å². The number of carbonyl (C=O) groups excluding carboxylic acids is 1. The van der Waals surface area contributed by atoms with Gasteiger partial charge in [0.1, 0.15) is 6.54 Å². The smallest absolute Gasteiger partial charge is 0.244 e. The fraction of sp³-hybridized carbons (Fsp3) is 0.455. The molecule has 2 rings (SSSR count). The van der Waals surface area contributed by atoms with Gasteiger partial charge in [-0.15, -0.1) is 10.2 Å². The SMILES string of the molecule is COCC(CO)NC(=O)Cn1nnc(-c2ccco2)n1. The molecule has 9 nitrogen and oxygen atoms in total. The first-order chi connectivity index (χ1) is 9.72. The molecule has 2 aromatic heterocycles. The lowest BCUT2D eigenvalue weighted by atomic mass is 10.3. The van der Waals surface area contributed by atoms with E-state index < -0.39 is 6.04 Å². The van der Waals surface area contributed by atoms with Crippen LogP contribution in [0.3, 0.4) is 0 Å². The second-order valence-electron chi connectivity index (χ2n) is 4.02. The molecule has 1 atom stereocenters. The Kier molecular flexibility index (Phi) is 4.80. The molecule has 0 aliphatic carbocycles. The molecule has 0 fully saturated rings. The second kappa shape index (κ2) is 6.78. The van der Waals surface area contributed by atoms with Crippen molar-refractivity contribution in [2.24, 2.45) is 0 Å². The summed E-state index contributed by atoms with van der Waals surface area (Å²) in [5.74, 6) is 0.437. The van der Waals surface area contributed by atoms with Crippen molar-refractivity contribution in [2.45, 2.75) is 12.6 Å². The van der Waals surface area contributed by atoms with Crippen LogP contribution in [0.5, 0.6) is 0 Å². The summed E-state index contributed by atoms with van der Waals surface area (Å²) in [5, 5.41) is 23.2. The van der Waals surface area contributed by atoms with E-state index in [1.54, 1.807) is 12.1 Å². The van der Waals surface area contributed by atoms with Crippen LogP contribution in [-0.4, -0.2) is 57.6 Å². The van der Waals surface area contributed by atoms with Crippen LogP contribution in [0.4, 0.5) is 0 Å². The summed E-state index contributed by atoms with van der Waals surface area (Å²) in [7, 11) is 1.49. The Morgan fingerprint density at radius 1 is 1.65 bits per heavy atom. The van der Waals surface area contributed by atoms with Crippen molar-refractivity contribution >= 4 is 5.91 Å². The van der Waals surface area contributed by atoms with Crippen LogP contribution in [0.1, 0.15) is 0 Å². The van der Waals surface area contributed by atoms with E-state index in [1.807, 2.05) is 0 Å². The number of nitrogens with one attached hydrogen (secondary N) is 1. The van der Waals surface area contributed by atoms with Gasteiger partial charge in [0.25, 0.3) is 0 Å². The molecule has 0 aliphatic rings. The number of ether oxygens (including phenoxy) is 1. The summed E-state index contributed by atoms with van der Waals surface area (Å²) < 4.78 is 9.98. The monoisotopic (exact) mass is 281 g/mol. The Balaban J connectivity index is 1.91. The zero-order valence-electron chi connectivity index (χ0n) is 10.9. The number of furan rings is 1. The predicted octanol–water partition coefficient (Wildman–Crippen LogP) is -0.943. The lowest BCUT2D eigenvalue weighted by Crippen LogP contribution is -2.42. The molecule has 0 spiro atoms. The van der Waals surface area contributed by atoms with Crippen LogP contribution in [0.2, 0.25) is 0 Å². The molecule has 108 valence electrons. The molecular weight excluding hydrogens is 266 g/mol. The molecule has 9 heteroatoms. The zero-order valence-corrected chi connectivity index (χ0v) is 10.9. The van der Waals surface area contributed by atoms with Crippen molar-refractivity contribution in [1.29, 1.82) is 0 Å². The third-order valence-electron chi connectivity index (χ3n) is 2.43. The van der Waals surface area contributed by atoms with Crippen LogP contribution in [0, 0.1) is 0 Å². The van der Waals surface area contributed by atoms with Gasteiger partial charge < -0.3 is 19.6 Å². The van der Waals surface area contributed by atoms with Crippen molar-refractivity contribution in [3.05, 3.63) is 18.4 Å². The summed E-state index contributed by atoms with van der Waals surface area (Å²) in [6.45, 7) is -0.0827. The van der Waals surface area contributed by atoms with Crippen LogP contribution < -0.4 is 5.32 Å². The minimum Gasteiger partial charge on any atom is -0.461 e. The lowest BCUT2D eigenvalue weighted by molar-refractivity contribution is -0.123. The molecule has 2 N–H and O–H groups in total. The van der Waals surface area contributed by atoms with E-state index in [2.05, 4.69) is 20.7 Å². The average Bonchev–Trinajstić information content (AvgIpc) is 3.08. The van der Waals surface area contributed by atoms with Crippen LogP contribution in [0.15, 0.2) is 22.8 Å². The van der Waals surface area contributed by atoms with Gasteiger partial charge in [-0.05, 0) is 17.3 Å². The summed E-state index contributed by atoms with van der Waals surface area (Å²) in [6, 6.07) is 2.95. The van der Waals surface area contributed by atoms with E-state index in [4.69, 9.17) is 14.3 Å². The summed E-state index contributed by atoms with van der Waals surface area (Å²) >= 11 is 0. The highest BCUT2D eigenvalue weighted by Crippen LogP contribution is 2.12. The number of hydrogen-bond acceptors (Lipinski definition) is 7. The summed E-state index contributed by atoms with van der Waals surface area (Å²) in [4.78, 5) is 12.9. The summed E-state index contributed by atoms with van der Waals surface area (Å²) in [6.07, 6.45) is 1.50. The van der Waals surface area contributed by atoms with Crippen molar-refractivity contribution in [2.75, 3.05) is 20.3 Å². The van der Waals surface area contributed by atoms with E-state index in [-0.39, 0.29) is 25.7 Å². The fourth-order valence-electron chi connectivity index (χ4n) is 1.56. The first kappa shape index (κ1) is 14.2. The van der Waals surface area contributed by atoms with Gasteiger partial charge in [0.15, 0.2) is 5.76 Å². The van der Waals surface area contributed by atoms with E-state index >= 15 is 0 Å². The minimum absolute atomic E-state index is 0.103. The molecule has 20 heavy (non-hydrogen) atoms. The first-order valence-electron chi connectivity index (χ1n) is 5.93. The number of carbonyl (C=O) groups is 1. The van der Waals surface area contributed by atoms with Gasteiger partial charge in [-0.25, -0.2) is 0 Å². The van der Waals surface area contributed by atoms with Crippen LogP contribution in [-0.2, 0) is 16.1 Å². The minimum atomic E-state index is -0.458. The molecule has 0 radical (unpaired) electrons. The molecule has 2 aromatic rings. The number of hydrogen-bond donors (Lipinski definition) is 2. The number of amides is 1. The zero-order chi connectivity index (χ0) is 14.4. The van der Waals surface area contributed by atoms with Gasteiger partial charge in [-0.2, -0.15) is 4.80 Å². The van der Waals surface area contributed by atoms with E-state index in [0.29, 0.717) is 11.6 Å². The van der Waals surface area contributed by atoms with Crippen molar-refractivity contribution in [3.63, 3.8) is 0 Å². The fourth-order valence-corrected chi connectivity index (χ4v) is 1.56. The van der Waals surface area contributed by atoms with E-state index in [0.717, 1.165) is 4.80 Å². The highest BCUT2D eigenvalue weighted by Gasteiger charge is 2.14. The number of tetrazole rings is 1. The number of rotatable bonds is 7. The third kappa shape index (κ3) is 3.62. The Labute approximate surface area is 114 Å². The maximum Gasteiger partial charge on any atom is 0.244 e. The van der Waals surface area contributed by atoms with Gasteiger partial charge in [0, 0.05) is 7.11 Å². The first-order valence-corrected chi connectivity index (χ1v) is 5.93. The molecular formula is C11H15N5O4. The second-order valence-corrected chi connectivity index (χ2v) is 4.02. The number of methoxy groups -OCH3 is 1. The molecule has 0 aliphatic heterocycles. The molecule has 1 unspecified atom stereocenters. The molecule has 0 bridgehead atoms. The Bertz CT molecular complexity index is 539. The van der Waals surface area contributed by atoms with Crippen molar-refractivity contribution in [1.82, 2.24) is 25.5 Å². The normalized spacial score (nSPS) is 12.3. The predicted molar refractivity (Wildman–Crippen MR) is 66.4 cm³/mol. The van der Waals surface area contributed by atoms with Crippen LogP contribution in [0.25, 0.3) is 11.6 Å². The lowest BCUT2D eigenvalue weighted by Gasteiger charge is -2.14. The molecule has 0 saturated carbocycles. The van der Waals surface area contributed by atoms with Crippen LogP contribution >= 0.6 is 0 Å². The van der Waals surface area contributed by atoms with Crippen molar-refractivity contribution < 1.29 is 19.1 Å². The Hall–Kier alpha value is -2.26. The van der Waals surface area contributed by atoms with Gasteiger partial charge in [0.2, 0.25) is 11.7 Å². The van der Waals surface area contributed by atoms with Gasteiger partial charge in [0.05, 0.1) is 25.5 Å². The number of aromatic nitrogens is 4. The summed E-state index contributed by atoms with van der Waals surface area (Å²) in [5.41, 5.74) is 0. The quantitative estimate of drug-likeness (QED) is 0.672. The molecule has 0 aromatic carbocycles. The largest absolute Gasteiger partial charge is 0.461 e. The van der Waals surface area contributed by atoms with Gasteiger partial charge >= 0.3 is 0 Å². The maximum atomic E-state index is 11.7. The molecule has 2 heterocycles. The third-order valence-corrected chi connectivity index (χ3v) is 2.43. The maximum absolute atomic E-state index is 11.7. The topological polar surface area (TPSA) is 115 Å². The number of nitrogens with zero attached hydrogens (tertiary/aromatic N) is 4. The molecule has 1 amide bonds. The molecule has 0 saturated heterocycles. The Morgan fingerprint density at radius 2 is 2.50 bits per heavy atom. The highest BCUT2D eigenvalue weighted by molar-refractivity contribution is 5.75. The van der Waals surface area contributed by atoms with Crippen molar-refractivity contribution in [3.8, 4) is 11.6 Å². The average molecular weight is 281 g/mol. The Morgan fingerprint density at radius 3 is 3.15 bits per heavy atom. The van der Waals surface area contributed by atoms with E-state index in [9.17, 15) is 4.79 Å². The van der Waals surface area contributed by atoms with E-state index in [1.165, 1.54) is 13.4 Å². The highest BCUT2D eigenvalue weighted by atomic mass is 16.5. The number of aliphatic hydroxyl groups excluding tert-OH is 1. The standard InChI is InChI=1S/C11H15N5O4/c1-19-7-8(6-17)12-10(18)5-16-14-11(13-15-16)9-3-2-4-20-9/h2-4,8,17H,5-7H2,1H3,(H,12,18).